The molecule has 0 bridgehead atoms. The molecule has 0 radical (unpaired) electrons. The predicted molar refractivity (Wildman–Crippen MR) is 57.2 cm³/mol. The van der Waals surface area contributed by atoms with E-state index >= 15 is 0 Å². The molecule has 0 fully saturated rings. The average molecular weight is 193 g/mol. The summed E-state index contributed by atoms with van der Waals surface area (Å²) in [6.07, 6.45) is 3.41. The Bertz CT molecular complexity index is 322. The van der Waals surface area contributed by atoms with Crippen LogP contribution in [0.3, 0.4) is 0 Å². The van der Waals surface area contributed by atoms with Gasteiger partial charge in [-0.3, -0.25) is 0 Å². The van der Waals surface area contributed by atoms with E-state index in [9.17, 15) is 4.39 Å². The van der Waals surface area contributed by atoms with Crippen LogP contribution in [0.25, 0.3) is 0 Å². The number of benzene rings is 1. The molecule has 1 heterocycles. The summed E-state index contributed by atoms with van der Waals surface area (Å²) in [6.45, 7) is 4.27. The molecular formula is C12H16FN. The standard InChI is InChI=1S/C12H16FN/c1-2-7-14-8-3-4-10-5-6-11(13)9-12(10)14/h5-6,9H,2-4,7-8H2,1H3. The maximum Gasteiger partial charge on any atom is 0.125 e. The largest absolute Gasteiger partial charge is 0.371 e. The summed E-state index contributed by atoms with van der Waals surface area (Å²) in [5.74, 6) is -0.119. The zero-order valence-corrected chi connectivity index (χ0v) is 8.59. The Balaban J connectivity index is 2.32. The molecule has 14 heavy (non-hydrogen) atoms. The van der Waals surface area contributed by atoms with E-state index in [0.29, 0.717) is 0 Å². The number of halogens is 1. The highest BCUT2D eigenvalue weighted by Gasteiger charge is 2.16. The minimum Gasteiger partial charge on any atom is -0.371 e. The summed E-state index contributed by atoms with van der Waals surface area (Å²) in [7, 11) is 0. The molecule has 0 spiro atoms. The van der Waals surface area contributed by atoms with Crippen molar-refractivity contribution in [2.24, 2.45) is 0 Å². The first-order valence-corrected chi connectivity index (χ1v) is 5.34. The first-order valence-electron chi connectivity index (χ1n) is 5.34. The summed E-state index contributed by atoms with van der Waals surface area (Å²) in [5, 5.41) is 0. The molecule has 2 rings (SSSR count). The minimum absolute atomic E-state index is 0.119. The van der Waals surface area contributed by atoms with Crippen molar-refractivity contribution in [1.82, 2.24) is 0 Å². The van der Waals surface area contributed by atoms with Gasteiger partial charge < -0.3 is 4.90 Å². The zero-order valence-electron chi connectivity index (χ0n) is 8.59. The molecule has 1 aromatic rings. The number of anilines is 1. The van der Waals surface area contributed by atoms with Gasteiger partial charge in [-0.25, -0.2) is 4.39 Å². The summed E-state index contributed by atoms with van der Waals surface area (Å²) >= 11 is 0. The molecule has 0 saturated carbocycles. The van der Waals surface area contributed by atoms with Gasteiger partial charge in [-0.1, -0.05) is 13.0 Å². The quantitative estimate of drug-likeness (QED) is 0.698. The monoisotopic (exact) mass is 193 g/mol. The van der Waals surface area contributed by atoms with Crippen molar-refractivity contribution in [2.75, 3.05) is 18.0 Å². The van der Waals surface area contributed by atoms with E-state index < -0.39 is 0 Å². The SMILES string of the molecule is CCCN1CCCc2ccc(F)cc21. The molecule has 1 nitrogen and oxygen atoms in total. The van der Waals surface area contributed by atoms with Crippen molar-refractivity contribution in [3.8, 4) is 0 Å². The van der Waals surface area contributed by atoms with Gasteiger partial charge in [-0.15, -0.1) is 0 Å². The van der Waals surface area contributed by atoms with E-state index in [1.807, 2.05) is 6.07 Å². The normalized spacial score (nSPS) is 15.4. The average Bonchev–Trinajstić information content (AvgIpc) is 2.19. The molecule has 2 heteroatoms. The molecule has 0 aromatic heterocycles. The van der Waals surface area contributed by atoms with Crippen LogP contribution in [0.4, 0.5) is 10.1 Å². The first-order chi connectivity index (χ1) is 6.81. The number of hydrogen-bond acceptors (Lipinski definition) is 1. The van der Waals surface area contributed by atoms with E-state index in [-0.39, 0.29) is 5.82 Å². The van der Waals surface area contributed by atoms with Gasteiger partial charge in [0.2, 0.25) is 0 Å². The number of nitrogens with zero attached hydrogens (tertiary/aromatic N) is 1. The van der Waals surface area contributed by atoms with Crippen molar-refractivity contribution < 1.29 is 4.39 Å². The second-order valence-corrected chi connectivity index (χ2v) is 3.86. The second kappa shape index (κ2) is 3.99. The fraction of sp³-hybridized carbons (Fsp3) is 0.500. The molecule has 1 aliphatic heterocycles. The van der Waals surface area contributed by atoms with Crippen LogP contribution in [0.5, 0.6) is 0 Å². The third-order valence-electron chi connectivity index (χ3n) is 2.76. The molecule has 0 N–H and O–H groups in total. The Kier molecular flexibility index (Phi) is 2.71. The van der Waals surface area contributed by atoms with Crippen LogP contribution in [0.15, 0.2) is 18.2 Å². The lowest BCUT2D eigenvalue weighted by molar-refractivity contribution is 0.618. The Morgan fingerprint density at radius 1 is 1.43 bits per heavy atom. The second-order valence-electron chi connectivity index (χ2n) is 3.86. The van der Waals surface area contributed by atoms with E-state index in [1.54, 1.807) is 12.1 Å². The lowest BCUT2D eigenvalue weighted by atomic mass is 10.0. The molecular weight excluding hydrogens is 177 g/mol. The highest BCUT2D eigenvalue weighted by molar-refractivity contribution is 5.55. The van der Waals surface area contributed by atoms with Crippen LogP contribution in [0.1, 0.15) is 25.3 Å². The molecule has 0 saturated heterocycles. The molecule has 0 atom stereocenters. The lowest BCUT2D eigenvalue weighted by Crippen LogP contribution is -2.30. The van der Waals surface area contributed by atoms with Gasteiger partial charge in [0, 0.05) is 18.8 Å². The third-order valence-corrected chi connectivity index (χ3v) is 2.76. The lowest BCUT2D eigenvalue weighted by Gasteiger charge is -2.31. The number of rotatable bonds is 2. The van der Waals surface area contributed by atoms with E-state index in [2.05, 4.69) is 11.8 Å². The third kappa shape index (κ3) is 1.74. The molecule has 1 aromatic carbocycles. The van der Waals surface area contributed by atoms with E-state index in [0.717, 1.165) is 31.6 Å². The highest BCUT2D eigenvalue weighted by atomic mass is 19.1. The van der Waals surface area contributed by atoms with Crippen LogP contribution in [-0.2, 0) is 6.42 Å². The Hall–Kier alpha value is -1.05. The van der Waals surface area contributed by atoms with Gasteiger partial charge in [0.25, 0.3) is 0 Å². The Morgan fingerprint density at radius 3 is 3.07 bits per heavy atom. The molecule has 0 unspecified atom stereocenters. The molecule has 0 amide bonds. The van der Waals surface area contributed by atoms with E-state index in [1.165, 1.54) is 12.0 Å². The highest BCUT2D eigenvalue weighted by Crippen LogP contribution is 2.27. The smallest absolute Gasteiger partial charge is 0.125 e. The number of aryl methyl sites for hydroxylation is 1. The number of fused-ring (bicyclic) bond motifs is 1. The topological polar surface area (TPSA) is 3.24 Å². The van der Waals surface area contributed by atoms with Gasteiger partial charge >= 0.3 is 0 Å². The summed E-state index contributed by atoms with van der Waals surface area (Å²) in [5.41, 5.74) is 2.41. The maximum atomic E-state index is 13.1. The molecule has 0 aliphatic carbocycles. The van der Waals surface area contributed by atoms with Crippen LogP contribution in [0, 0.1) is 5.82 Å². The summed E-state index contributed by atoms with van der Waals surface area (Å²) in [6, 6.07) is 5.16. The van der Waals surface area contributed by atoms with Gasteiger partial charge in [-0.2, -0.15) is 0 Å². The summed E-state index contributed by atoms with van der Waals surface area (Å²) < 4.78 is 13.1. The van der Waals surface area contributed by atoms with Gasteiger partial charge in [-0.05, 0) is 37.0 Å². The molecule has 76 valence electrons. The maximum absolute atomic E-state index is 13.1. The first kappa shape index (κ1) is 9.50. The predicted octanol–water partition coefficient (Wildman–Crippen LogP) is 2.99. The van der Waals surface area contributed by atoms with Crippen molar-refractivity contribution in [3.63, 3.8) is 0 Å². The molecule has 1 aliphatic rings. The van der Waals surface area contributed by atoms with Crippen LogP contribution >= 0.6 is 0 Å². The fourth-order valence-electron chi connectivity index (χ4n) is 2.13. The van der Waals surface area contributed by atoms with Crippen molar-refractivity contribution in [2.45, 2.75) is 26.2 Å². The van der Waals surface area contributed by atoms with Crippen LogP contribution in [0.2, 0.25) is 0 Å². The minimum atomic E-state index is -0.119. The van der Waals surface area contributed by atoms with Crippen molar-refractivity contribution in [3.05, 3.63) is 29.6 Å². The Morgan fingerprint density at radius 2 is 2.29 bits per heavy atom. The van der Waals surface area contributed by atoms with Crippen LogP contribution < -0.4 is 4.90 Å². The zero-order chi connectivity index (χ0) is 9.97. The van der Waals surface area contributed by atoms with Crippen LogP contribution in [-0.4, -0.2) is 13.1 Å². The van der Waals surface area contributed by atoms with E-state index in [4.69, 9.17) is 0 Å². The summed E-state index contributed by atoms with van der Waals surface area (Å²) in [4.78, 5) is 2.29. The van der Waals surface area contributed by atoms with Gasteiger partial charge in [0.05, 0.1) is 0 Å². The van der Waals surface area contributed by atoms with Gasteiger partial charge in [0.1, 0.15) is 5.82 Å². The fourth-order valence-corrected chi connectivity index (χ4v) is 2.13. The van der Waals surface area contributed by atoms with Crippen molar-refractivity contribution >= 4 is 5.69 Å². The Labute approximate surface area is 84.5 Å². The van der Waals surface area contributed by atoms with Crippen molar-refractivity contribution in [1.29, 1.82) is 0 Å². The number of hydrogen-bond donors (Lipinski definition) is 0. The van der Waals surface area contributed by atoms with Gasteiger partial charge in [0.15, 0.2) is 0 Å².